The zero-order valence-corrected chi connectivity index (χ0v) is 27.0. The van der Waals surface area contributed by atoms with Gasteiger partial charge in [-0.2, -0.15) is 35.4 Å². The standard InChI is InChI=1S/C21H25.C6H7.C4H10Si.2ClH.Ti/c1-6-14-8-9-18-16(10-14)12-17-11-15(7-2)20(13-19(17)18)21(3,4)5;1-6-4-2-3-5-6;1-3-5-4-2;;;/h8-10,13H,6-7,12H2,1-5H3;2-5H,1H3;3-4H2,1-2H3;2*1H;/q2*-1;;;;+2/p-2. The van der Waals surface area contributed by atoms with Crippen molar-refractivity contribution in [2.24, 2.45) is 0 Å². The van der Waals surface area contributed by atoms with E-state index >= 15 is 0 Å². The fourth-order valence-electron chi connectivity index (χ4n) is 4.15. The van der Waals surface area contributed by atoms with E-state index in [1.807, 2.05) is 12.1 Å². The fourth-order valence-corrected chi connectivity index (χ4v) is 4.65. The fraction of sp³-hybridized carbons (Fsp3) is 0.452. The summed E-state index contributed by atoms with van der Waals surface area (Å²) in [6, 6.07) is 24.2. The molecule has 0 saturated carbocycles. The smallest absolute Gasteiger partial charge is 0.0253 e. The van der Waals surface area contributed by atoms with E-state index in [0.717, 1.165) is 19.3 Å². The van der Waals surface area contributed by atoms with Crippen molar-refractivity contribution in [2.75, 3.05) is 0 Å². The van der Waals surface area contributed by atoms with Gasteiger partial charge >= 0.3 is 51.3 Å². The molecule has 1 aliphatic rings. The Morgan fingerprint density at radius 3 is 2.00 bits per heavy atom. The molecule has 0 saturated heterocycles. The Labute approximate surface area is 240 Å². The first-order valence-corrected chi connectivity index (χ1v) is 16.8. The summed E-state index contributed by atoms with van der Waals surface area (Å²) < 4.78 is 0. The van der Waals surface area contributed by atoms with Gasteiger partial charge in [-0.05, 0) is 24.0 Å². The molecule has 0 amide bonds. The Kier molecular flexibility index (Phi) is 15.9. The van der Waals surface area contributed by atoms with Gasteiger partial charge in [0.25, 0.3) is 0 Å². The van der Waals surface area contributed by atoms with E-state index in [-0.39, 0.29) is 36.4 Å². The molecule has 0 fully saturated rings. The molecule has 1 aliphatic carbocycles. The quantitative estimate of drug-likeness (QED) is 0.266. The summed E-state index contributed by atoms with van der Waals surface area (Å²) in [5.74, 6) is 0. The molecule has 0 heterocycles. The molecule has 0 N–H and O–H groups in total. The second kappa shape index (κ2) is 16.2. The third kappa shape index (κ3) is 9.94. The number of benzene rings is 2. The van der Waals surface area contributed by atoms with Gasteiger partial charge in [0.05, 0.1) is 0 Å². The van der Waals surface area contributed by atoms with Crippen molar-refractivity contribution >= 4 is 6.19 Å². The normalized spacial score (nSPS) is 10.9. The van der Waals surface area contributed by atoms with Gasteiger partial charge in [0, 0.05) is 0 Å². The molecular formula is C31H42Cl2SiTi-2. The van der Waals surface area contributed by atoms with Crippen LogP contribution in [0.2, 0.25) is 12.1 Å². The Balaban J connectivity index is 0.000000688. The van der Waals surface area contributed by atoms with Crippen LogP contribution < -0.4 is 24.8 Å². The van der Waals surface area contributed by atoms with Crippen molar-refractivity contribution in [3.05, 3.63) is 88.0 Å². The number of rotatable bonds is 4. The third-order valence-corrected chi connectivity index (χ3v) is 11.3. The van der Waals surface area contributed by atoms with Gasteiger partial charge in [-0.3, -0.25) is 0 Å². The van der Waals surface area contributed by atoms with Crippen LogP contribution in [0.15, 0.2) is 48.5 Å². The molecule has 190 valence electrons. The SMILES string of the molecule is CC[Si](=[Ti+2])CC.CCc1ccc2c(c1)Cc1[c-]c(CC)c(C(C)(C)C)cc1-2.Cc1ccc[cH-]1.[Cl-].[Cl-]. The summed E-state index contributed by atoms with van der Waals surface area (Å²) in [6.07, 6.45) is 3.36. The first-order valence-electron chi connectivity index (χ1n) is 12.6. The first kappa shape index (κ1) is 34.3. The average molecular weight is 562 g/mol. The minimum absolute atomic E-state index is 0. The van der Waals surface area contributed by atoms with E-state index in [1.54, 1.807) is 0 Å². The summed E-state index contributed by atoms with van der Waals surface area (Å²) in [5.41, 5.74) is 11.5. The van der Waals surface area contributed by atoms with Crippen LogP contribution in [-0.4, -0.2) is 6.19 Å². The van der Waals surface area contributed by atoms with Crippen molar-refractivity contribution in [3.63, 3.8) is 0 Å². The number of halogens is 2. The van der Waals surface area contributed by atoms with Crippen LogP contribution in [0.3, 0.4) is 0 Å². The van der Waals surface area contributed by atoms with Crippen LogP contribution in [0.25, 0.3) is 11.1 Å². The van der Waals surface area contributed by atoms with Crippen LogP contribution in [0.1, 0.15) is 81.8 Å². The molecule has 0 bridgehead atoms. The van der Waals surface area contributed by atoms with E-state index < -0.39 is 0 Å². The largest absolute Gasteiger partial charge is 1.00 e. The van der Waals surface area contributed by atoms with Crippen LogP contribution in [0, 0.1) is 13.0 Å². The topological polar surface area (TPSA) is 0 Å². The zero-order chi connectivity index (χ0) is 24.6. The van der Waals surface area contributed by atoms with Crippen LogP contribution >= 0.6 is 0 Å². The molecule has 0 aliphatic heterocycles. The van der Waals surface area contributed by atoms with Gasteiger partial charge in [-0.25, -0.2) is 12.1 Å². The summed E-state index contributed by atoms with van der Waals surface area (Å²) in [5, 5.41) is 0. The summed E-state index contributed by atoms with van der Waals surface area (Å²) in [7, 11) is 0. The molecule has 0 radical (unpaired) electrons. The average Bonchev–Trinajstić information content (AvgIpc) is 3.43. The van der Waals surface area contributed by atoms with Gasteiger partial charge in [-0.1, -0.05) is 77.1 Å². The van der Waals surface area contributed by atoms with Crippen molar-refractivity contribution in [2.45, 2.75) is 92.2 Å². The second-order valence-electron chi connectivity index (χ2n) is 9.95. The molecule has 35 heavy (non-hydrogen) atoms. The molecule has 0 unspecified atom stereocenters. The Morgan fingerprint density at radius 1 is 0.943 bits per heavy atom. The third-order valence-electron chi connectivity index (χ3n) is 6.32. The van der Waals surface area contributed by atoms with Gasteiger partial charge in [0.1, 0.15) is 0 Å². The Bertz CT molecular complexity index is 1040. The summed E-state index contributed by atoms with van der Waals surface area (Å²) >= 11 is 2.38. The van der Waals surface area contributed by atoms with E-state index in [0.29, 0.717) is 0 Å². The second-order valence-corrected chi connectivity index (χ2v) is 15.9. The van der Waals surface area contributed by atoms with E-state index in [1.165, 1.54) is 56.6 Å². The van der Waals surface area contributed by atoms with Crippen molar-refractivity contribution < 1.29 is 44.0 Å². The van der Waals surface area contributed by atoms with Crippen LogP contribution in [0.5, 0.6) is 0 Å². The monoisotopic (exact) mass is 560 g/mol. The molecule has 0 nitrogen and oxygen atoms in total. The number of hydrogen-bond donors (Lipinski definition) is 0. The zero-order valence-electron chi connectivity index (χ0n) is 22.9. The van der Waals surface area contributed by atoms with Crippen molar-refractivity contribution in [3.8, 4) is 11.1 Å². The van der Waals surface area contributed by atoms with Crippen molar-refractivity contribution in [1.29, 1.82) is 0 Å². The first-order chi connectivity index (χ1) is 15.6. The maximum absolute atomic E-state index is 3.73. The molecule has 4 heteroatoms. The molecular weight excluding hydrogens is 519 g/mol. The number of aryl methyl sites for hydroxylation is 3. The van der Waals surface area contributed by atoms with Gasteiger partial charge in [-0.15, -0.1) is 16.7 Å². The Hall–Kier alpha value is -0.699. The predicted octanol–water partition coefficient (Wildman–Crippen LogP) is 2.77. The summed E-state index contributed by atoms with van der Waals surface area (Å²) in [4.78, 5) is 0. The number of hydrogen-bond acceptors (Lipinski definition) is 0. The minimum atomic E-state index is 0. The van der Waals surface area contributed by atoms with Gasteiger partial charge < -0.3 is 24.8 Å². The van der Waals surface area contributed by atoms with Crippen molar-refractivity contribution in [1.82, 2.24) is 0 Å². The number of fused-ring (bicyclic) bond motifs is 3. The van der Waals surface area contributed by atoms with Gasteiger partial charge in [0.15, 0.2) is 0 Å². The van der Waals surface area contributed by atoms with Gasteiger partial charge in [0.2, 0.25) is 0 Å². The van der Waals surface area contributed by atoms with Crippen LogP contribution in [0.4, 0.5) is 0 Å². The maximum atomic E-state index is 3.73. The summed E-state index contributed by atoms with van der Waals surface area (Å²) in [6.45, 7) is 18.0. The molecule has 0 spiro atoms. The maximum Gasteiger partial charge on any atom is -0.0253 e. The van der Waals surface area contributed by atoms with E-state index in [4.69, 9.17) is 0 Å². The molecule has 0 atom stereocenters. The molecule has 3 aromatic carbocycles. The predicted molar refractivity (Wildman–Crippen MR) is 144 cm³/mol. The van der Waals surface area contributed by atoms with E-state index in [9.17, 15) is 0 Å². The Morgan fingerprint density at radius 2 is 1.60 bits per heavy atom. The molecule has 3 aromatic rings. The minimum Gasteiger partial charge on any atom is -1.00 e. The van der Waals surface area contributed by atoms with E-state index in [2.05, 4.69) is 117 Å². The van der Waals surface area contributed by atoms with Crippen LogP contribution in [-0.2, 0) is 43.8 Å². The molecule has 0 aromatic heterocycles. The molecule has 4 rings (SSSR count).